The highest BCUT2D eigenvalue weighted by Crippen LogP contribution is 2.36. The molecule has 0 saturated carbocycles. The molecule has 2 heteroatoms. The van der Waals surface area contributed by atoms with Gasteiger partial charge in [0.05, 0.1) is 11.7 Å². The van der Waals surface area contributed by atoms with Crippen molar-refractivity contribution in [2.24, 2.45) is 0 Å². The molecule has 2 atom stereocenters. The average molecular weight is 314 g/mol. The number of benzene rings is 3. The first-order valence-corrected chi connectivity index (χ1v) is 8.47. The second-order valence-corrected chi connectivity index (χ2v) is 6.69. The van der Waals surface area contributed by atoms with Crippen LogP contribution in [-0.2, 0) is 6.42 Å². The van der Waals surface area contributed by atoms with Crippen molar-refractivity contribution in [3.63, 3.8) is 0 Å². The van der Waals surface area contributed by atoms with Gasteiger partial charge in [-0.25, -0.2) is 0 Å². The topological polar surface area (TPSA) is 24.1 Å². The fourth-order valence-electron chi connectivity index (χ4n) is 3.60. The van der Waals surface area contributed by atoms with E-state index < -0.39 is 0 Å². The number of rotatable bonds is 3. The molecule has 0 saturated heterocycles. The van der Waals surface area contributed by atoms with Gasteiger partial charge in [-0.15, -0.1) is 0 Å². The number of fused-ring (bicyclic) bond motifs is 1. The van der Waals surface area contributed by atoms with Gasteiger partial charge in [-0.1, -0.05) is 78.9 Å². The summed E-state index contributed by atoms with van der Waals surface area (Å²) in [6.07, 6.45) is 0.922. The molecular formula is C22H22N2. The highest BCUT2D eigenvalue weighted by Gasteiger charge is 2.34. The molecule has 0 aliphatic carbocycles. The molecule has 120 valence electrons. The highest BCUT2D eigenvalue weighted by molar-refractivity contribution is 5.59. The summed E-state index contributed by atoms with van der Waals surface area (Å²) in [5.74, 6) is 0. The fourth-order valence-corrected chi connectivity index (χ4v) is 3.60. The zero-order valence-corrected chi connectivity index (χ0v) is 13.9. The van der Waals surface area contributed by atoms with E-state index in [9.17, 15) is 0 Å². The van der Waals surface area contributed by atoms with E-state index in [2.05, 4.69) is 102 Å². The van der Waals surface area contributed by atoms with Crippen molar-refractivity contribution in [2.75, 3.05) is 5.32 Å². The van der Waals surface area contributed by atoms with Crippen molar-refractivity contribution in [2.45, 2.75) is 25.0 Å². The van der Waals surface area contributed by atoms with E-state index in [1.165, 1.54) is 22.4 Å². The summed E-state index contributed by atoms with van der Waals surface area (Å²) in [6, 6.07) is 30.1. The number of anilines is 1. The minimum absolute atomic E-state index is 0.192. The summed E-state index contributed by atoms with van der Waals surface area (Å²) < 4.78 is 0. The number of hydrogen-bond donors (Lipinski definition) is 2. The predicted molar refractivity (Wildman–Crippen MR) is 100 cm³/mol. The average Bonchev–Trinajstić information content (AvgIpc) is 2.62. The maximum absolute atomic E-state index is 3.84. The Morgan fingerprint density at radius 1 is 0.792 bits per heavy atom. The Labute approximate surface area is 143 Å². The van der Waals surface area contributed by atoms with Crippen molar-refractivity contribution < 1.29 is 0 Å². The lowest BCUT2D eigenvalue weighted by Gasteiger charge is -2.43. The summed E-state index contributed by atoms with van der Waals surface area (Å²) in [5, 5.41) is 7.55. The highest BCUT2D eigenvalue weighted by atomic mass is 15.2. The lowest BCUT2D eigenvalue weighted by molar-refractivity contribution is 0.354. The SMILES string of the molecule is CC1(Cc2ccccc2)Nc2ccccc2C(c2ccccc2)N1. The Bertz CT molecular complexity index is 814. The van der Waals surface area contributed by atoms with Gasteiger partial charge in [0.25, 0.3) is 0 Å². The Morgan fingerprint density at radius 3 is 2.17 bits per heavy atom. The predicted octanol–water partition coefficient (Wildman–Crippen LogP) is 4.75. The first-order valence-electron chi connectivity index (χ1n) is 8.47. The van der Waals surface area contributed by atoms with E-state index in [1.807, 2.05) is 0 Å². The van der Waals surface area contributed by atoms with Crippen LogP contribution in [0.3, 0.4) is 0 Å². The van der Waals surface area contributed by atoms with Gasteiger partial charge in [0.2, 0.25) is 0 Å². The van der Waals surface area contributed by atoms with Crippen LogP contribution in [0.15, 0.2) is 84.9 Å². The van der Waals surface area contributed by atoms with Gasteiger partial charge in [-0.3, -0.25) is 5.32 Å². The second kappa shape index (κ2) is 6.14. The van der Waals surface area contributed by atoms with Gasteiger partial charge >= 0.3 is 0 Å². The van der Waals surface area contributed by atoms with E-state index in [4.69, 9.17) is 0 Å². The summed E-state index contributed by atoms with van der Waals surface area (Å²) >= 11 is 0. The van der Waals surface area contributed by atoms with Crippen LogP contribution in [0.1, 0.15) is 29.7 Å². The first-order chi connectivity index (χ1) is 11.7. The van der Waals surface area contributed by atoms with E-state index in [1.54, 1.807) is 0 Å². The van der Waals surface area contributed by atoms with Gasteiger partial charge in [-0.05, 0) is 29.7 Å². The zero-order valence-electron chi connectivity index (χ0n) is 13.9. The van der Waals surface area contributed by atoms with Crippen LogP contribution in [0, 0.1) is 0 Å². The standard InChI is InChI=1S/C22H22N2/c1-22(16-17-10-4-2-5-11-17)23-20-15-9-8-14-19(20)21(24-22)18-12-6-3-7-13-18/h2-15,21,23-24H,16H2,1H3. The molecule has 0 amide bonds. The maximum Gasteiger partial charge on any atom is 0.0901 e. The van der Waals surface area contributed by atoms with Crippen LogP contribution in [0.5, 0.6) is 0 Å². The molecule has 0 spiro atoms. The molecule has 0 fully saturated rings. The van der Waals surface area contributed by atoms with Gasteiger partial charge < -0.3 is 5.32 Å². The normalized spacial score (nSPS) is 22.5. The van der Waals surface area contributed by atoms with Gasteiger partial charge in [0.15, 0.2) is 0 Å². The van der Waals surface area contributed by atoms with Gasteiger partial charge in [-0.2, -0.15) is 0 Å². The van der Waals surface area contributed by atoms with Gasteiger partial charge in [0, 0.05) is 12.1 Å². The molecule has 1 aliphatic rings. The monoisotopic (exact) mass is 314 g/mol. The van der Waals surface area contributed by atoms with Crippen LogP contribution in [0.2, 0.25) is 0 Å². The minimum atomic E-state index is -0.198. The molecular weight excluding hydrogens is 292 g/mol. The van der Waals surface area contributed by atoms with Crippen LogP contribution in [0.4, 0.5) is 5.69 Å². The summed E-state index contributed by atoms with van der Waals surface area (Å²) in [5.41, 5.74) is 4.94. The molecule has 2 nitrogen and oxygen atoms in total. The molecule has 0 aromatic heterocycles. The maximum atomic E-state index is 3.84. The molecule has 2 N–H and O–H groups in total. The third-order valence-corrected chi connectivity index (χ3v) is 4.68. The molecule has 1 aliphatic heterocycles. The van der Waals surface area contributed by atoms with Crippen LogP contribution in [-0.4, -0.2) is 5.66 Å². The largest absolute Gasteiger partial charge is 0.367 e. The van der Waals surface area contributed by atoms with E-state index in [0.29, 0.717) is 0 Å². The number of para-hydroxylation sites is 1. The third kappa shape index (κ3) is 2.93. The molecule has 2 unspecified atom stereocenters. The van der Waals surface area contributed by atoms with Crippen molar-refractivity contribution in [3.8, 4) is 0 Å². The van der Waals surface area contributed by atoms with Crippen molar-refractivity contribution >= 4 is 5.69 Å². The molecule has 0 bridgehead atoms. The molecule has 3 aromatic rings. The van der Waals surface area contributed by atoms with Crippen molar-refractivity contribution in [1.82, 2.24) is 5.32 Å². The van der Waals surface area contributed by atoms with Crippen LogP contribution >= 0.6 is 0 Å². The molecule has 3 aromatic carbocycles. The van der Waals surface area contributed by atoms with Crippen molar-refractivity contribution in [3.05, 3.63) is 102 Å². The molecule has 24 heavy (non-hydrogen) atoms. The molecule has 0 radical (unpaired) electrons. The molecule has 1 heterocycles. The summed E-state index contributed by atoms with van der Waals surface area (Å²) in [7, 11) is 0. The lowest BCUT2D eigenvalue weighted by Crippen LogP contribution is -2.55. The van der Waals surface area contributed by atoms with E-state index in [0.717, 1.165) is 6.42 Å². The number of nitrogens with one attached hydrogen (secondary N) is 2. The summed E-state index contributed by atoms with van der Waals surface area (Å²) in [4.78, 5) is 0. The quantitative estimate of drug-likeness (QED) is 0.729. The minimum Gasteiger partial charge on any atom is -0.367 e. The van der Waals surface area contributed by atoms with E-state index >= 15 is 0 Å². The zero-order chi connectivity index (χ0) is 16.4. The number of hydrogen-bond acceptors (Lipinski definition) is 2. The summed E-state index contributed by atoms with van der Waals surface area (Å²) in [6.45, 7) is 2.24. The lowest BCUT2D eigenvalue weighted by atomic mass is 9.89. The van der Waals surface area contributed by atoms with Gasteiger partial charge in [0.1, 0.15) is 0 Å². The Hall–Kier alpha value is -2.58. The van der Waals surface area contributed by atoms with Crippen LogP contribution < -0.4 is 10.6 Å². The Balaban J connectivity index is 1.72. The first kappa shape index (κ1) is 15.0. The second-order valence-electron chi connectivity index (χ2n) is 6.69. The third-order valence-electron chi connectivity index (χ3n) is 4.68. The Kier molecular flexibility index (Phi) is 3.83. The fraction of sp³-hybridized carbons (Fsp3) is 0.182. The Morgan fingerprint density at radius 2 is 1.42 bits per heavy atom. The molecule has 4 rings (SSSR count). The van der Waals surface area contributed by atoms with Crippen LogP contribution in [0.25, 0.3) is 0 Å². The smallest absolute Gasteiger partial charge is 0.0901 e. The van der Waals surface area contributed by atoms with Crippen molar-refractivity contribution in [1.29, 1.82) is 0 Å². The van der Waals surface area contributed by atoms with E-state index in [-0.39, 0.29) is 11.7 Å².